The molecule has 8 heteroatoms. The zero-order valence-corrected chi connectivity index (χ0v) is 17.0. The molecule has 0 aliphatic rings. The highest BCUT2D eigenvalue weighted by Gasteiger charge is 2.16. The number of benzene rings is 1. The summed E-state index contributed by atoms with van der Waals surface area (Å²) in [5.74, 6) is 1.71. The van der Waals surface area contributed by atoms with E-state index in [0.717, 1.165) is 32.0 Å². The van der Waals surface area contributed by atoms with Gasteiger partial charge < -0.3 is 14.3 Å². The summed E-state index contributed by atoms with van der Waals surface area (Å²) in [4.78, 5) is 12.2. The number of anilines is 1. The van der Waals surface area contributed by atoms with Crippen molar-refractivity contribution in [3.8, 4) is 11.4 Å². The van der Waals surface area contributed by atoms with Crippen molar-refractivity contribution in [3.63, 3.8) is 0 Å². The Morgan fingerprint density at radius 2 is 2.12 bits per heavy atom. The monoisotopic (exact) mass is 468 g/mol. The van der Waals surface area contributed by atoms with Gasteiger partial charge in [-0.25, -0.2) is 0 Å². The van der Waals surface area contributed by atoms with Crippen LogP contribution in [0.15, 0.2) is 40.1 Å². The number of thioether (sulfide) groups is 1. The molecular weight excluding hydrogens is 451 g/mol. The van der Waals surface area contributed by atoms with E-state index in [9.17, 15) is 4.79 Å². The largest absolute Gasteiger partial charge is 0.469 e. The van der Waals surface area contributed by atoms with Gasteiger partial charge in [-0.2, -0.15) is 0 Å². The van der Waals surface area contributed by atoms with Crippen LogP contribution in [0.5, 0.6) is 0 Å². The Morgan fingerprint density at radius 3 is 2.80 bits per heavy atom. The van der Waals surface area contributed by atoms with Crippen LogP contribution in [0.25, 0.3) is 11.4 Å². The van der Waals surface area contributed by atoms with Crippen LogP contribution in [0.4, 0.5) is 5.69 Å². The second-order valence-electron chi connectivity index (χ2n) is 5.55. The third-order valence-electron chi connectivity index (χ3n) is 3.73. The number of nitrogens with one attached hydrogen (secondary N) is 1. The standard InChI is InChI=1S/C17H17IN4O2S/c1-10-8-12(18)4-5-14(10)19-15(23)9-25-17-21-20-16(22(17)3)13-6-7-24-11(13)2/h4-8H,9H2,1-3H3,(H,19,23). The van der Waals surface area contributed by atoms with Crippen LogP contribution >= 0.6 is 34.4 Å². The fourth-order valence-corrected chi connectivity index (χ4v) is 3.73. The second-order valence-corrected chi connectivity index (χ2v) is 7.74. The second kappa shape index (κ2) is 7.61. The van der Waals surface area contributed by atoms with Crippen LogP contribution in [-0.4, -0.2) is 26.4 Å². The van der Waals surface area contributed by atoms with Gasteiger partial charge in [0.2, 0.25) is 5.91 Å². The molecule has 2 aromatic heterocycles. The van der Waals surface area contributed by atoms with E-state index in [0.29, 0.717) is 5.16 Å². The summed E-state index contributed by atoms with van der Waals surface area (Å²) in [6.45, 7) is 3.86. The zero-order valence-electron chi connectivity index (χ0n) is 14.0. The van der Waals surface area contributed by atoms with Gasteiger partial charge in [0.25, 0.3) is 0 Å². The maximum absolute atomic E-state index is 12.2. The zero-order chi connectivity index (χ0) is 18.0. The Morgan fingerprint density at radius 1 is 1.32 bits per heavy atom. The molecule has 1 N–H and O–H groups in total. The van der Waals surface area contributed by atoms with Gasteiger partial charge in [-0.05, 0) is 66.3 Å². The van der Waals surface area contributed by atoms with E-state index in [1.165, 1.54) is 11.8 Å². The normalized spacial score (nSPS) is 10.9. The topological polar surface area (TPSA) is 73.0 Å². The molecule has 1 aromatic carbocycles. The van der Waals surface area contributed by atoms with Crippen LogP contribution in [0.3, 0.4) is 0 Å². The fourth-order valence-electron chi connectivity index (χ4n) is 2.38. The SMILES string of the molecule is Cc1cc(I)ccc1NC(=O)CSc1nnc(-c2ccoc2C)n1C. The lowest BCUT2D eigenvalue weighted by Gasteiger charge is -2.08. The van der Waals surface area contributed by atoms with Gasteiger partial charge in [0.05, 0.1) is 17.6 Å². The minimum atomic E-state index is -0.0710. The molecule has 0 aliphatic carbocycles. The van der Waals surface area contributed by atoms with Crippen LogP contribution in [0.2, 0.25) is 0 Å². The number of furan rings is 1. The number of rotatable bonds is 5. The third-order valence-corrected chi connectivity index (χ3v) is 5.42. The van der Waals surface area contributed by atoms with E-state index in [2.05, 4.69) is 38.1 Å². The van der Waals surface area contributed by atoms with Crippen molar-refractivity contribution < 1.29 is 9.21 Å². The Labute approximate surface area is 163 Å². The van der Waals surface area contributed by atoms with Crippen molar-refractivity contribution in [3.05, 3.63) is 45.4 Å². The van der Waals surface area contributed by atoms with Gasteiger partial charge in [0.1, 0.15) is 5.76 Å². The summed E-state index contributed by atoms with van der Waals surface area (Å²) in [6.07, 6.45) is 1.63. The summed E-state index contributed by atoms with van der Waals surface area (Å²) in [5, 5.41) is 12.0. The lowest BCUT2D eigenvalue weighted by atomic mass is 10.2. The van der Waals surface area contributed by atoms with Gasteiger partial charge in [0, 0.05) is 16.3 Å². The number of carbonyl (C=O) groups excluding carboxylic acids is 1. The van der Waals surface area contributed by atoms with Crippen LogP contribution in [0.1, 0.15) is 11.3 Å². The first kappa shape index (κ1) is 18.0. The molecule has 2 heterocycles. The van der Waals surface area contributed by atoms with Gasteiger partial charge in [0.15, 0.2) is 11.0 Å². The minimum Gasteiger partial charge on any atom is -0.469 e. The molecular formula is C17H17IN4O2S. The van der Waals surface area contributed by atoms with Gasteiger partial charge in [-0.1, -0.05) is 11.8 Å². The molecule has 0 bridgehead atoms. The van der Waals surface area contributed by atoms with Crippen molar-refractivity contribution in [2.75, 3.05) is 11.1 Å². The summed E-state index contributed by atoms with van der Waals surface area (Å²) >= 11 is 3.60. The quantitative estimate of drug-likeness (QED) is 0.452. The predicted octanol–water partition coefficient (Wildman–Crippen LogP) is 4.03. The molecule has 3 aromatic rings. The average Bonchev–Trinajstić information content (AvgIpc) is 3.14. The molecule has 0 aliphatic heterocycles. The van der Waals surface area contributed by atoms with E-state index < -0.39 is 0 Å². The molecule has 0 unspecified atom stereocenters. The summed E-state index contributed by atoms with van der Waals surface area (Å²) in [5.41, 5.74) is 2.78. The van der Waals surface area contributed by atoms with E-state index in [4.69, 9.17) is 4.42 Å². The summed E-state index contributed by atoms with van der Waals surface area (Å²) < 4.78 is 8.32. The van der Waals surface area contributed by atoms with E-state index >= 15 is 0 Å². The molecule has 25 heavy (non-hydrogen) atoms. The first-order valence-corrected chi connectivity index (χ1v) is 9.65. The Bertz CT molecular complexity index is 919. The Hall–Kier alpha value is -1.81. The molecule has 0 spiro atoms. The highest BCUT2D eigenvalue weighted by atomic mass is 127. The highest BCUT2D eigenvalue weighted by molar-refractivity contribution is 14.1. The molecule has 0 saturated carbocycles. The maximum Gasteiger partial charge on any atom is 0.234 e. The molecule has 3 rings (SSSR count). The number of carbonyl (C=O) groups is 1. The van der Waals surface area contributed by atoms with Gasteiger partial charge >= 0.3 is 0 Å². The predicted molar refractivity (Wildman–Crippen MR) is 107 cm³/mol. The van der Waals surface area contributed by atoms with E-state index in [-0.39, 0.29) is 11.7 Å². The number of hydrogen-bond donors (Lipinski definition) is 1. The Kier molecular flexibility index (Phi) is 5.48. The number of nitrogens with zero attached hydrogens (tertiary/aromatic N) is 3. The number of halogens is 1. The molecule has 1 amide bonds. The van der Waals surface area contributed by atoms with Crippen molar-refractivity contribution in [1.29, 1.82) is 0 Å². The number of aromatic nitrogens is 3. The molecule has 130 valence electrons. The summed E-state index contributed by atoms with van der Waals surface area (Å²) in [7, 11) is 1.88. The first-order chi connectivity index (χ1) is 12.0. The number of hydrogen-bond acceptors (Lipinski definition) is 5. The Balaban J connectivity index is 1.65. The minimum absolute atomic E-state index is 0.0710. The van der Waals surface area contributed by atoms with Crippen LogP contribution < -0.4 is 5.32 Å². The van der Waals surface area contributed by atoms with Crippen molar-refractivity contribution in [2.24, 2.45) is 7.05 Å². The third kappa shape index (κ3) is 4.06. The summed E-state index contributed by atoms with van der Waals surface area (Å²) in [6, 6.07) is 7.78. The van der Waals surface area contributed by atoms with Crippen LogP contribution in [0, 0.1) is 17.4 Å². The molecule has 0 fully saturated rings. The maximum atomic E-state index is 12.2. The molecule has 0 saturated heterocycles. The first-order valence-electron chi connectivity index (χ1n) is 7.58. The lowest BCUT2D eigenvalue weighted by molar-refractivity contribution is -0.113. The number of aryl methyl sites for hydroxylation is 2. The van der Waals surface area contributed by atoms with Crippen molar-refractivity contribution in [2.45, 2.75) is 19.0 Å². The molecule has 0 radical (unpaired) electrons. The molecule has 6 nitrogen and oxygen atoms in total. The fraction of sp³-hybridized carbons (Fsp3) is 0.235. The van der Waals surface area contributed by atoms with Gasteiger partial charge in [-0.15, -0.1) is 10.2 Å². The van der Waals surface area contributed by atoms with Crippen molar-refractivity contribution >= 4 is 45.9 Å². The highest BCUT2D eigenvalue weighted by Crippen LogP contribution is 2.26. The molecule has 0 atom stereocenters. The average molecular weight is 468 g/mol. The van der Waals surface area contributed by atoms with E-state index in [1.807, 2.05) is 49.7 Å². The lowest BCUT2D eigenvalue weighted by Crippen LogP contribution is -2.15. The van der Waals surface area contributed by atoms with Gasteiger partial charge in [-0.3, -0.25) is 4.79 Å². The van der Waals surface area contributed by atoms with Crippen molar-refractivity contribution in [1.82, 2.24) is 14.8 Å². The smallest absolute Gasteiger partial charge is 0.234 e. The number of amides is 1. The van der Waals surface area contributed by atoms with E-state index in [1.54, 1.807) is 6.26 Å². The van der Waals surface area contributed by atoms with Crippen LogP contribution in [-0.2, 0) is 11.8 Å².